The number of carbonyl (C=O) groups is 1. The molecule has 0 spiro atoms. The molecule has 0 saturated heterocycles. The van der Waals surface area contributed by atoms with Crippen molar-refractivity contribution in [3.8, 4) is 5.75 Å². The van der Waals surface area contributed by atoms with Crippen molar-refractivity contribution < 1.29 is 19.7 Å². The number of aliphatic carboxylic acids is 1. The molecule has 1 aromatic rings. The number of rotatable bonds is 8. The Labute approximate surface area is 209 Å². The van der Waals surface area contributed by atoms with Crippen LogP contribution in [-0.4, -0.2) is 34.1 Å². The van der Waals surface area contributed by atoms with E-state index in [4.69, 9.17) is 4.74 Å². The third-order valence-electron chi connectivity index (χ3n) is 7.55. The number of fused-ring (bicyclic) bond motifs is 1. The smallest absolute Gasteiger partial charge is 0.331 e. The van der Waals surface area contributed by atoms with Gasteiger partial charge < -0.3 is 14.9 Å². The fourth-order valence-corrected chi connectivity index (χ4v) is 6.66. The van der Waals surface area contributed by atoms with Gasteiger partial charge in [0, 0.05) is 21.7 Å². The maximum Gasteiger partial charge on any atom is 0.331 e. The van der Waals surface area contributed by atoms with E-state index in [-0.39, 0.29) is 28.1 Å². The quantitative estimate of drug-likeness (QED) is 0.397. The molecule has 0 amide bonds. The van der Waals surface area contributed by atoms with Gasteiger partial charge in [0.1, 0.15) is 12.4 Å². The number of aliphatic hydroxyl groups is 1. The summed E-state index contributed by atoms with van der Waals surface area (Å²) in [5.74, 6) is -0.0294. The van der Waals surface area contributed by atoms with Crippen LogP contribution < -0.4 is 4.74 Å². The number of aliphatic hydroxyl groups excluding tert-OH is 1. The Bertz CT molecular complexity index is 1010. The maximum absolute atomic E-state index is 11.7. The highest BCUT2D eigenvalue weighted by molar-refractivity contribution is 8.04. The van der Waals surface area contributed by atoms with Gasteiger partial charge in [0.2, 0.25) is 0 Å². The number of carboxylic acids is 1. The molecule has 3 rings (SSSR count). The standard InChI is InChI=1S/C29H40O4S/c1-8-29(9-2,21-12-13-22(19(3)15-21)33-18-23(30)27(4,5)6)25-17-28(7)14-10-11-20(26(31)32)16-24(28)34-25/h10,12-17,23-24,30H,8-9,11,18H2,1-7H3,(H,31,32). The molecule has 0 radical (unpaired) electrons. The maximum atomic E-state index is 11.7. The molecule has 1 heterocycles. The van der Waals surface area contributed by atoms with Gasteiger partial charge in [-0.1, -0.05) is 78.0 Å². The van der Waals surface area contributed by atoms with Crippen molar-refractivity contribution in [1.82, 2.24) is 0 Å². The predicted octanol–water partition coefficient (Wildman–Crippen LogP) is 6.82. The van der Waals surface area contributed by atoms with Gasteiger partial charge in [0.25, 0.3) is 0 Å². The average molecular weight is 485 g/mol. The Balaban J connectivity index is 1.93. The van der Waals surface area contributed by atoms with E-state index >= 15 is 0 Å². The molecule has 1 aromatic carbocycles. The topological polar surface area (TPSA) is 66.8 Å². The molecule has 3 unspecified atom stereocenters. The summed E-state index contributed by atoms with van der Waals surface area (Å²) in [5.41, 5.74) is 2.22. The molecule has 1 aliphatic carbocycles. The van der Waals surface area contributed by atoms with Gasteiger partial charge in [-0.15, -0.1) is 11.8 Å². The molecule has 4 nitrogen and oxygen atoms in total. The molecule has 0 fully saturated rings. The molecule has 186 valence electrons. The first-order valence-corrected chi connectivity index (χ1v) is 13.2. The molecule has 2 aliphatic rings. The van der Waals surface area contributed by atoms with E-state index in [0.29, 0.717) is 12.0 Å². The van der Waals surface area contributed by atoms with Crippen molar-refractivity contribution in [1.29, 1.82) is 0 Å². The molecule has 5 heteroatoms. The van der Waals surface area contributed by atoms with E-state index in [2.05, 4.69) is 52.0 Å². The monoisotopic (exact) mass is 484 g/mol. The highest BCUT2D eigenvalue weighted by atomic mass is 32.2. The molecule has 1 aliphatic heterocycles. The second-order valence-electron chi connectivity index (χ2n) is 11.0. The van der Waals surface area contributed by atoms with Crippen molar-refractivity contribution in [2.24, 2.45) is 10.8 Å². The van der Waals surface area contributed by atoms with Crippen LogP contribution >= 0.6 is 11.8 Å². The van der Waals surface area contributed by atoms with Crippen molar-refractivity contribution in [2.75, 3.05) is 6.61 Å². The van der Waals surface area contributed by atoms with Crippen LogP contribution in [0.25, 0.3) is 0 Å². The van der Waals surface area contributed by atoms with E-state index in [1.807, 2.05) is 50.8 Å². The van der Waals surface area contributed by atoms with Crippen LogP contribution in [0.15, 0.2) is 53.0 Å². The summed E-state index contributed by atoms with van der Waals surface area (Å²) in [6.45, 7) is 15.0. The summed E-state index contributed by atoms with van der Waals surface area (Å²) < 4.78 is 5.98. The highest BCUT2D eigenvalue weighted by Crippen LogP contribution is 2.56. The Hall–Kier alpha value is -1.98. The van der Waals surface area contributed by atoms with Gasteiger partial charge in [0.15, 0.2) is 0 Å². The lowest BCUT2D eigenvalue weighted by atomic mass is 9.73. The minimum atomic E-state index is -0.831. The molecule has 0 bridgehead atoms. The largest absolute Gasteiger partial charge is 0.491 e. The van der Waals surface area contributed by atoms with E-state index in [1.165, 1.54) is 10.5 Å². The first-order chi connectivity index (χ1) is 15.9. The second-order valence-corrected chi connectivity index (χ2v) is 12.2. The van der Waals surface area contributed by atoms with E-state index in [9.17, 15) is 15.0 Å². The summed E-state index contributed by atoms with van der Waals surface area (Å²) in [6, 6.07) is 6.41. The Morgan fingerprint density at radius 3 is 2.50 bits per heavy atom. The number of ether oxygens (including phenoxy) is 1. The Kier molecular flexibility index (Phi) is 7.79. The third kappa shape index (κ3) is 5.16. The van der Waals surface area contributed by atoms with Crippen LogP contribution in [0.1, 0.15) is 71.9 Å². The van der Waals surface area contributed by atoms with Crippen LogP contribution in [0.3, 0.4) is 0 Å². The number of hydrogen-bond acceptors (Lipinski definition) is 4. The Morgan fingerprint density at radius 2 is 1.94 bits per heavy atom. The zero-order valence-corrected chi connectivity index (χ0v) is 22.5. The molecule has 34 heavy (non-hydrogen) atoms. The number of benzene rings is 1. The highest BCUT2D eigenvalue weighted by Gasteiger charge is 2.44. The lowest BCUT2D eigenvalue weighted by Gasteiger charge is -2.34. The summed E-state index contributed by atoms with van der Waals surface area (Å²) >= 11 is 1.81. The number of thioether (sulfide) groups is 1. The number of aryl methyl sites for hydroxylation is 1. The zero-order chi connectivity index (χ0) is 25.3. The molecule has 2 N–H and O–H groups in total. The molecular weight excluding hydrogens is 444 g/mol. The molecule has 3 atom stereocenters. The minimum absolute atomic E-state index is 0.0763. The van der Waals surface area contributed by atoms with Gasteiger partial charge in [-0.05, 0) is 53.7 Å². The number of carboxylic acid groups (broad SMARTS) is 1. The first-order valence-electron chi connectivity index (χ1n) is 12.3. The summed E-state index contributed by atoms with van der Waals surface area (Å²) in [7, 11) is 0. The normalized spacial score (nSPS) is 23.6. The van der Waals surface area contributed by atoms with Crippen molar-refractivity contribution in [3.05, 3.63) is 64.1 Å². The van der Waals surface area contributed by atoms with Crippen LogP contribution in [0.2, 0.25) is 0 Å². The van der Waals surface area contributed by atoms with E-state index < -0.39 is 12.1 Å². The van der Waals surface area contributed by atoms with Crippen LogP contribution in [0.4, 0.5) is 0 Å². The minimum Gasteiger partial charge on any atom is -0.491 e. The van der Waals surface area contributed by atoms with Gasteiger partial charge in [-0.25, -0.2) is 4.79 Å². The molecular formula is C29H40O4S. The summed E-state index contributed by atoms with van der Waals surface area (Å²) in [4.78, 5) is 13.0. The predicted molar refractivity (Wildman–Crippen MR) is 141 cm³/mol. The van der Waals surface area contributed by atoms with Crippen molar-refractivity contribution >= 4 is 17.7 Å². The number of hydrogen-bond donors (Lipinski definition) is 2. The fourth-order valence-electron chi connectivity index (χ4n) is 4.80. The second kappa shape index (κ2) is 9.94. The Morgan fingerprint density at radius 1 is 1.26 bits per heavy atom. The van der Waals surface area contributed by atoms with E-state index in [0.717, 1.165) is 24.2 Å². The van der Waals surface area contributed by atoms with E-state index in [1.54, 1.807) is 0 Å². The lowest BCUT2D eigenvalue weighted by molar-refractivity contribution is -0.132. The SMILES string of the molecule is CCC(CC)(C1=CC2(C)C=CCC(C(=O)O)=CC2S1)c1ccc(OCC(O)C(C)(C)C)c(C)c1. The van der Waals surface area contributed by atoms with Crippen LogP contribution in [0.5, 0.6) is 5.75 Å². The molecule has 0 aromatic heterocycles. The summed E-state index contributed by atoms with van der Waals surface area (Å²) in [6.07, 6.45) is 10.3. The van der Waals surface area contributed by atoms with Crippen LogP contribution in [0, 0.1) is 17.8 Å². The zero-order valence-electron chi connectivity index (χ0n) is 21.6. The first kappa shape index (κ1) is 26.6. The van der Waals surface area contributed by atoms with Gasteiger partial charge in [-0.3, -0.25) is 0 Å². The van der Waals surface area contributed by atoms with Crippen molar-refractivity contribution in [2.45, 2.75) is 84.5 Å². The van der Waals surface area contributed by atoms with Crippen molar-refractivity contribution in [3.63, 3.8) is 0 Å². The fraction of sp³-hybridized carbons (Fsp3) is 0.552. The van der Waals surface area contributed by atoms with Gasteiger partial charge in [-0.2, -0.15) is 0 Å². The van der Waals surface area contributed by atoms with Gasteiger partial charge in [0.05, 0.1) is 6.10 Å². The average Bonchev–Trinajstić information content (AvgIpc) is 2.99. The summed E-state index contributed by atoms with van der Waals surface area (Å²) in [5, 5.41) is 20.0. The molecule has 0 saturated carbocycles. The van der Waals surface area contributed by atoms with Crippen LogP contribution in [-0.2, 0) is 10.2 Å². The lowest BCUT2D eigenvalue weighted by Crippen LogP contribution is -2.32. The third-order valence-corrected chi connectivity index (χ3v) is 9.21. The van der Waals surface area contributed by atoms with Gasteiger partial charge >= 0.3 is 5.97 Å². The number of allylic oxidation sites excluding steroid dienone is 4.